The second-order valence-electron chi connectivity index (χ2n) is 6.03. The van der Waals surface area contributed by atoms with Crippen LogP contribution in [0.2, 0.25) is 0 Å². The smallest absolute Gasteiger partial charge is 0.246 e. The molecule has 1 aromatic rings. The zero-order valence-corrected chi connectivity index (χ0v) is 16.7. The van der Waals surface area contributed by atoms with Crippen LogP contribution in [0.5, 0.6) is 0 Å². The van der Waals surface area contributed by atoms with E-state index >= 15 is 0 Å². The van der Waals surface area contributed by atoms with Gasteiger partial charge in [0.15, 0.2) is 0 Å². The minimum absolute atomic E-state index is 0. The lowest BCUT2D eigenvalue weighted by molar-refractivity contribution is -0.127. The summed E-state index contributed by atoms with van der Waals surface area (Å²) >= 11 is 0. The van der Waals surface area contributed by atoms with Crippen LogP contribution in [-0.4, -0.2) is 50.7 Å². The first kappa shape index (κ1) is 24.5. The van der Waals surface area contributed by atoms with Gasteiger partial charge in [-0.3, -0.25) is 9.59 Å². The number of halogens is 2. The Labute approximate surface area is 166 Å². The molecule has 4 N–H and O–H groups in total. The summed E-state index contributed by atoms with van der Waals surface area (Å²) in [6.45, 7) is 3.82. The van der Waals surface area contributed by atoms with E-state index in [9.17, 15) is 9.59 Å². The maximum Gasteiger partial charge on any atom is 0.246 e. The molecule has 1 aliphatic heterocycles. The van der Waals surface area contributed by atoms with Crippen molar-refractivity contribution in [2.24, 2.45) is 5.73 Å². The molecule has 2 amide bonds. The van der Waals surface area contributed by atoms with Crippen LogP contribution in [0.25, 0.3) is 0 Å². The molecule has 9 heteroatoms. The first-order valence-corrected chi connectivity index (χ1v) is 8.22. The Kier molecular flexibility index (Phi) is 11.2. The fourth-order valence-corrected chi connectivity index (χ4v) is 2.65. The molecule has 2 unspecified atom stereocenters. The molecule has 0 aliphatic carbocycles. The number of hydrogen-bond donors (Lipinski definition) is 3. The Balaban J connectivity index is 0.00000312. The fraction of sp³-hybridized carbons (Fsp3) is 0.529. The zero-order chi connectivity index (χ0) is 17.5. The highest BCUT2D eigenvalue weighted by atomic mass is 35.5. The molecule has 148 valence electrons. The second-order valence-corrected chi connectivity index (χ2v) is 6.03. The summed E-state index contributed by atoms with van der Waals surface area (Å²) in [5.74, 6) is -0.697. The summed E-state index contributed by atoms with van der Waals surface area (Å²) in [4.78, 5) is 26.4. The van der Waals surface area contributed by atoms with Crippen molar-refractivity contribution in [3.63, 3.8) is 0 Å². The maximum absolute atomic E-state index is 12.2. The predicted molar refractivity (Wildman–Crippen MR) is 108 cm³/mol. The summed E-state index contributed by atoms with van der Waals surface area (Å²) in [5.41, 5.74) is 7.46. The van der Waals surface area contributed by atoms with Gasteiger partial charge in [0.1, 0.15) is 12.1 Å². The second kappa shape index (κ2) is 12.0. The number of carbonyl (C=O) groups excluding carboxylic acids is 2. The number of nitrogens with two attached hydrogens (primary N) is 1. The number of nitrogens with one attached hydrogen (secondary N) is 2. The van der Waals surface area contributed by atoms with Crippen molar-refractivity contribution < 1.29 is 14.3 Å². The molecule has 1 saturated heterocycles. The quantitative estimate of drug-likeness (QED) is 0.637. The lowest BCUT2D eigenvalue weighted by atomic mass is 10.2. The number of benzene rings is 1. The van der Waals surface area contributed by atoms with Crippen LogP contribution in [0.4, 0.5) is 11.4 Å². The van der Waals surface area contributed by atoms with E-state index < -0.39 is 18.0 Å². The van der Waals surface area contributed by atoms with Crippen LogP contribution < -0.4 is 21.3 Å². The summed E-state index contributed by atoms with van der Waals surface area (Å²) < 4.78 is 4.83. The number of nitrogens with zero attached hydrogens (tertiary/aromatic N) is 1. The van der Waals surface area contributed by atoms with Crippen LogP contribution in [0.1, 0.15) is 19.8 Å². The Morgan fingerprint density at radius 3 is 2.50 bits per heavy atom. The Hall–Kier alpha value is -1.54. The van der Waals surface area contributed by atoms with Gasteiger partial charge in [-0.05, 0) is 38.0 Å². The third-order valence-electron chi connectivity index (χ3n) is 4.02. The van der Waals surface area contributed by atoms with Crippen molar-refractivity contribution in [1.29, 1.82) is 0 Å². The van der Waals surface area contributed by atoms with Gasteiger partial charge < -0.3 is 26.0 Å². The molecule has 1 fully saturated rings. The van der Waals surface area contributed by atoms with Crippen molar-refractivity contribution in [1.82, 2.24) is 5.32 Å². The predicted octanol–water partition coefficient (Wildman–Crippen LogP) is 1.55. The minimum atomic E-state index is -0.788. The van der Waals surface area contributed by atoms with Crippen LogP contribution in [0.15, 0.2) is 24.3 Å². The van der Waals surface area contributed by atoms with Gasteiger partial charge in [-0.2, -0.15) is 0 Å². The Bertz CT molecular complexity index is 583. The third-order valence-corrected chi connectivity index (χ3v) is 4.02. The fourth-order valence-electron chi connectivity index (χ4n) is 2.65. The standard InChI is InChI=1S/C17H26N4O3.2ClH/c1-12(19-17(23)15(18)11-24-2)16(22)20-13-6-5-7-14(10-13)21-8-3-4-9-21;;/h5-7,10,12,15H,3-4,8-9,11,18H2,1-2H3,(H,19,23)(H,20,22);2*1H. The highest BCUT2D eigenvalue weighted by Crippen LogP contribution is 2.23. The van der Waals surface area contributed by atoms with Gasteiger partial charge in [0.2, 0.25) is 11.8 Å². The van der Waals surface area contributed by atoms with Crippen LogP contribution in [0.3, 0.4) is 0 Å². The summed E-state index contributed by atoms with van der Waals surface area (Å²) in [6, 6.07) is 6.27. The van der Waals surface area contributed by atoms with Crippen molar-refractivity contribution >= 4 is 48.0 Å². The van der Waals surface area contributed by atoms with E-state index in [1.165, 1.54) is 20.0 Å². The lowest BCUT2D eigenvalue weighted by Crippen LogP contribution is -2.50. The van der Waals surface area contributed by atoms with Gasteiger partial charge in [-0.25, -0.2) is 0 Å². The van der Waals surface area contributed by atoms with Gasteiger partial charge in [0.25, 0.3) is 0 Å². The van der Waals surface area contributed by atoms with E-state index in [2.05, 4.69) is 15.5 Å². The normalized spacial score (nSPS) is 15.3. The number of methoxy groups -OCH3 is 1. The molecule has 2 rings (SSSR count). The molecule has 0 saturated carbocycles. The average molecular weight is 407 g/mol. The van der Waals surface area contributed by atoms with Crippen molar-refractivity contribution in [2.75, 3.05) is 37.0 Å². The number of ether oxygens (including phenoxy) is 1. The molecule has 0 spiro atoms. The third kappa shape index (κ3) is 6.99. The minimum Gasteiger partial charge on any atom is -0.383 e. The first-order valence-electron chi connectivity index (χ1n) is 8.22. The Morgan fingerprint density at radius 1 is 1.23 bits per heavy atom. The molecule has 1 aliphatic rings. The van der Waals surface area contributed by atoms with E-state index in [1.807, 2.05) is 24.3 Å². The maximum atomic E-state index is 12.2. The molecule has 1 aromatic carbocycles. The van der Waals surface area contributed by atoms with Gasteiger partial charge in [-0.15, -0.1) is 24.8 Å². The molecule has 2 atom stereocenters. The van der Waals surface area contributed by atoms with Crippen LogP contribution in [0, 0.1) is 0 Å². The largest absolute Gasteiger partial charge is 0.383 e. The highest BCUT2D eigenvalue weighted by Gasteiger charge is 2.20. The van der Waals surface area contributed by atoms with Crippen LogP contribution in [-0.2, 0) is 14.3 Å². The van der Waals surface area contributed by atoms with Gasteiger partial charge in [0, 0.05) is 31.6 Å². The highest BCUT2D eigenvalue weighted by molar-refractivity contribution is 5.97. The molecule has 0 radical (unpaired) electrons. The number of rotatable bonds is 7. The summed E-state index contributed by atoms with van der Waals surface area (Å²) in [7, 11) is 1.47. The van der Waals surface area contributed by atoms with E-state index in [0.29, 0.717) is 5.69 Å². The molecule has 7 nitrogen and oxygen atoms in total. The van der Waals surface area contributed by atoms with Crippen LogP contribution >= 0.6 is 24.8 Å². The van der Waals surface area contributed by atoms with E-state index in [0.717, 1.165) is 18.8 Å². The number of hydrogen-bond acceptors (Lipinski definition) is 5. The molecular formula is C17H28Cl2N4O3. The van der Waals surface area contributed by atoms with Gasteiger partial charge in [0.05, 0.1) is 6.61 Å². The molecule has 0 bridgehead atoms. The molecule has 1 heterocycles. The van der Waals surface area contributed by atoms with E-state index in [1.54, 1.807) is 6.92 Å². The average Bonchev–Trinajstić information content (AvgIpc) is 3.09. The SMILES string of the molecule is COCC(N)C(=O)NC(C)C(=O)Nc1cccc(N2CCCC2)c1.Cl.Cl. The summed E-state index contributed by atoms with van der Waals surface area (Å²) in [6.07, 6.45) is 2.39. The van der Waals surface area contributed by atoms with E-state index in [4.69, 9.17) is 10.5 Å². The van der Waals surface area contributed by atoms with Crippen molar-refractivity contribution in [3.8, 4) is 0 Å². The van der Waals surface area contributed by atoms with Gasteiger partial charge >= 0.3 is 0 Å². The topological polar surface area (TPSA) is 96.7 Å². The molecule has 0 aromatic heterocycles. The Morgan fingerprint density at radius 2 is 1.88 bits per heavy atom. The van der Waals surface area contributed by atoms with E-state index in [-0.39, 0.29) is 37.3 Å². The monoisotopic (exact) mass is 406 g/mol. The number of anilines is 2. The summed E-state index contributed by atoms with van der Waals surface area (Å²) in [5, 5.41) is 5.42. The van der Waals surface area contributed by atoms with Crippen molar-refractivity contribution in [2.45, 2.75) is 31.8 Å². The molecular weight excluding hydrogens is 379 g/mol. The van der Waals surface area contributed by atoms with Gasteiger partial charge in [-0.1, -0.05) is 6.07 Å². The molecule has 26 heavy (non-hydrogen) atoms. The lowest BCUT2D eigenvalue weighted by Gasteiger charge is -2.20. The first-order chi connectivity index (χ1) is 11.5. The number of amides is 2. The number of carbonyl (C=O) groups is 2. The zero-order valence-electron chi connectivity index (χ0n) is 15.1. The van der Waals surface area contributed by atoms with Crippen molar-refractivity contribution in [3.05, 3.63) is 24.3 Å².